The monoisotopic (exact) mass is 397 g/mol. The van der Waals surface area contributed by atoms with Crippen LogP contribution in [0.4, 0.5) is 0 Å². The molecule has 27 heavy (non-hydrogen) atoms. The lowest BCUT2D eigenvalue weighted by molar-refractivity contribution is 0.117. The van der Waals surface area contributed by atoms with Crippen LogP contribution in [-0.2, 0) is 4.74 Å². The molecule has 3 aromatic rings. The molecule has 4 rings (SSSR count). The Balaban J connectivity index is 1.69. The molecule has 138 valence electrons. The van der Waals surface area contributed by atoms with Crippen LogP contribution in [0.1, 0.15) is 18.4 Å². The molecular weight excluding hydrogens is 378 g/mol. The predicted molar refractivity (Wildman–Crippen MR) is 112 cm³/mol. The van der Waals surface area contributed by atoms with Gasteiger partial charge in [-0.2, -0.15) is 5.10 Å². The van der Waals surface area contributed by atoms with E-state index in [1.54, 1.807) is 11.3 Å². The minimum atomic E-state index is 0.223. The Kier molecular flexibility index (Phi) is 5.82. The first-order valence-electron chi connectivity index (χ1n) is 8.97. The maximum atomic E-state index is 5.97. The number of nitrogens with zero attached hydrogens (tertiary/aromatic N) is 3. The van der Waals surface area contributed by atoms with E-state index in [4.69, 9.17) is 26.4 Å². The van der Waals surface area contributed by atoms with E-state index in [0.29, 0.717) is 11.6 Å². The second-order valence-electron chi connectivity index (χ2n) is 6.35. The number of rotatable bonds is 5. The third kappa shape index (κ3) is 4.56. The first-order chi connectivity index (χ1) is 13.3. The molecule has 2 heterocycles. The molecule has 6 heteroatoms. The molecule has 0 unspecified atom stereocenters. The van der Waals surface area contributed by atoms with Gasteiger partial charge in [-0.3, -0.25) is 4.99 Å². The lowest BCUT2D eigenvalue weighted by atomic mass is 10.2. The fourth-order valence-corrected chi connectivity index (χ4v) is 3.94. The van der Waals surface area contributed by atoms with Crippen molar-refractivity contribution in [1.29, 1.82) is 0 Å². The highest BCUT2D eigenvalue weighted by atomic mass is 35.5. The number of hydrogen-bond acceptors (Lipinski definition) is 4. The Labute approximate surface area is 167 Å². The van der Waals surface area contributed by atoms with Gasteiger partial charge in [-0.15, -0.1) is 11.3 Å². The number of benzene rings is 2. The van der Waals surface area contributed by atoms with E-state index >= 15 is 0 Å². The number of hydrogen-bond donors (Lipinski definition) is 0. The summed E-state index contributed by atoms with van der Waals surface area (Å²) in [7, 11) is 0. The fourth-order valence-electron chi connectivity index (χ4n) is 2.97. The first kappa shape index (κ1) is 18.2. The Hall–Kier alpha value is -2.21. The molecule has 0 N–H and O–H groups in total. The van der Waals surface area contributed by atoms with Crippen LogP contribution in [0.5, 0.6) is 0 Å². The van der Waals surface area contributed by atoms with Crippen molar-refractivity contribution >= 4 is 29.2 Å². The zero-order chi connectivity index (χ0) is 18.5. The zero-order valence-corrected chi connectivity index (χ0v) is 16.4. The minimum Gasteiger partial charge on any atom is -0.376 e. The predicted octanol–water partition coefficient (Wildman–Crippen LogP) is 4.83. The highest BCUT2D eigenvalue weighted by molar-refractivity contribution is 7.07. The SMILES string of the molecule is Clc1ccc(/C=N\n2c(-c3ccccc3)csc2=NC[C@H]2CCCO2)cc1. The van der Waals surface area contributed by atoms with Crippen molar-refractivity contribution in [3.63, 3.8) is 0 Å². The van der Waals surface area contributed by atoms with Gasteiger partial charge in [0.1, 0.15) is 0 Å². The third-order valence-corrected chi connectivity index (χ3v) is 5.51. The van der Waals surface area contributed by atoms with E-state index in [0.717, 1.165) is 41.1 Å². The van der Waals surface area contributed by atoms with Gasteiger partial charge in [-0.25, -0.2) is 4.68 Å². The minimum absolute atomic E-state index is 0.223. The second kappa shape index (κ2) is 8.65. The summed E-state index contributed by atoms with van der Waals surface area (Å²) in [4.78, 5) is 5.65. The van der Waals surface area contributed by atoms with Gasteiger partial charge in [0, 0.05) is 22.6 Å². The summed E-state index contributed by atoms with van der Waals surface area (Å²) < 4.78 is 7.60. The van der Waals surface area contributed by atoms with E-state index in [2.05, 4.69) is 17.5 Å². The van der Waals surface area contributed by atoms with Gasteiger partial charge in [0.2, 0.25) is 4.80 Å². The number of ether oxygens (including phenoxy) is 1. The van der Waals surface area contributed by atoms with Crippen molar-refractivity contribution in [1.82, 2.24) is 4.68 Å². The number of aromatic nitrogens is 1. The van der Waals surface area contributed by atoms with Crippen LogP contribution in [0.3, 0.4) is 0 Å². The molecule has 1 atom stereocenters. The van der Waals surface area contributed by atoms with E-state index in [1.807, 2.05) is 53.4 Å². The quantitative estimate of drug-likeness (QED) is 0.568. The van der Waals surface area contributed by atoms with Crippen LogP contribution in [0.25, 0.3) is 11.3 Å². The smallest absolute Gasteiger partial charge is 0.206 e. The highest BCUT2D eigenvalue weighted by Gasteiger charge is 2.15. The van der Waals surface area contributed by atoms with Gasteiger partial charge in [0.05, 0.1) is 24.6 Å². The summed E-state index contributed by atoms with van der Waals surface area (Å²) in [6.07, 6.45) is 4.25. The lowest BCUT2D eigenvalue weighted by Gasteiger charge is -2.05. The van der Waals surface area contributed by atoms with Crippen LogP contribution < -0.4 is 4.80 Å². The Morgan fingerprint density at radius 2 is 1.96 bits per heavy atom. The Morgan fingerprint density at radius 3 is 2.70 bits per heavy atom. The third-order valence-electron chi connectivity index (χ3n) is 4.40. The summed E-state index contributed by atoms with van der Waals surface area (Å²) in [6.45, 7) is 1.51. The summed E-state index contributed by atoms with van der Waals surface area (Å²) >= 11 is 7.57. The average Bonchev–Trinajstić information content (AvgIpc) is 3.36. The molecule has 0 spiro atoms. The number of thiazole rings is 1. The summed E-state index contributed by atoms with van der Waals surface area (Å²) in [5.74, 6) is 0. The van der Waals surface area contributed by atoms with E-state index < -0.39 is 0 Å². The van der Waals surface area contributed by atoms with E-state index in [9.17, 15) is 0 Å². The molecule has 1 aromatic heterocycles. The molecule has 0 radical (unpaired) electrons. The van der Waals surface area contributed by atoms with E-state index in [1.165, 1.54) is 0 Å². The Morgan fingerprint density at radius 1 is 1.15 bits per heavy atom. The molecule has 0 saturated carbocycles. The molecule has 1 saturated heterocycles. The summed E-state index contributed by atoms with van der Waals surface area (Å²) in [5.41, 5.74) is 3.12. The molecule has 0 aliphatic carbocycles. The maximum Gasteiger partial charge on any atom is 0.206 e. The Bertz CT molecular complexity index is 971. The molecule has 0 amide bonds. The van der Waals surface area contributed by atoms with Crippen molar-refractivity contribution in [2.45, 2.75) is 18.9 Å². The fraction of sp³-hybridized carbons (Fsp3) is 0.238. The molecule has 1 fully saturated rings. The van der Waals surface area contributed by atoms with Crippen molar-refractivity contribution in [2.75, 3.05) is 13.2 Å². The van der Waals surface area contributed by atoms with Crippen molar-refractivity contribution in [3.8, 4) is 11.3 Å². The second-order valence-corrected chi connectivity index (χ2v) is 7.63. The van der Waals surface area contributed by atoms with Gasteiger partial charge >= 0.3 is 0 Å². The molecule has 0 bridgehead atoms. The average molecular weight is 398 g/mol. The molecule has 2 aromatic carbocycles. The van der Waals surface area contributed by atoms with Crippen LogP contribution in [0.15, 0.2) is 70.1 Å². The zero-order valence-electron chi connectivity index (χ0n) is 14.8. The molecule has 4 nitrogen and oxygen atoms in total. The summed E-state index contributed by atoms with van der Waals surface area (Å²) in [5, 5.41) is 7.53. The van der Waals surface area contributed by atoms with Crippen LogP contribution in [0.2, 0.25) is 5.02 Å². The molecular formula is C21H20ClN3OS. The molecule has 1 aliphatic heterocycles. The number of halogens is 1. The maximum absolute atomic E-state index is 5.97. The van der Waals surface area contributed by atoms with Gasteiger partial charge in [0.25, 0.3) is 0 Å². The standard InChI is InChI=1S/C21H20ClN3OS/c22-18-10-8-16(9-11-18)13-24-25-20(17-5-2-1-3-6-17)15-27-21(25)23-14-19-7-4-12-26-19/h1-3,5-6,8-11,13,15,19H,4,7,12,14H2/b23-21?,24-13-/t19-/m1/s1. The highest BCUT2D eigenvalue weighted by Crippen LogP contribution is 2.20. The van der Waals surface area contributed by atoms with Crippen molar-refractivity contribution in [2.24, 2.45) is 10.1 Å². The van der Waals surface area contributed by atoms with Gasteiger partial charge < -0.3 is 4.74 Å². The van der Waals surface area contributed by atoms with Gasteiger partial charge in [-0.05, 0) is 30.5 Å². The van der Waals surface area contributed by atoms with E-state index in [-0.39, 0.29) is 6.10 Å². The summed E-state index contributed by atoms with van der Waals surface area (Å²) in [6, 6.07) is 17.9. The lowest BCUT2D eigenvalue weighted by Crippen LogP contribution is -2.17. The van der Waals surface area contributed by atoms with Crippen molar-refractivity contribution < 1.29 is 4.74 Å². The largest absolute Gasteiger partial charge is 0.376 e. The van der Waals surface area contributed by atoms with Gasteiger partial charge in [-0.1, -0.05) is 54.1 Å². The van der Waals surface area contributed by atoms with Crippen molar-refractivity contribution in [3.05, 3.63) is 75.4 Å². The van der Waals surface area contributed by atoms with Crippen LogP contribution in [0, 0.1) is 0 Å². The van der Waals surface area contributed by atoms with Crippen LogP contribution >= 0.6 is 22.9 Å². The topological polar surface area (TPSA) is 38.9 Å². The normalized spacial score (nSPS) is 17.8. The van der Waals surface area contributed by atoms with Gasteiger partial charge in [0.15, 0.2) is 0 Å². The van der Waals surface area contributed by atoms with Crippen LogP contribution in [-0.4, -0.2) is 30.1 Å². The molecule has 1 aliphatic rings. The first-order valence-corrected chi connectivity index (χ1v) is 10.2.